The first kappa shape index (κ1) is 12.4. The molecule has 2 rings (SSSR count). The fourth-order valence-electron chi connectivity index (χ4n) is 1.44. The summed E-state index contributed by atoms with van der Waals surface area (Å²) in [6.45, 7) is 0.428. The first-order chi connectivity index (χ1) is 8.74. The molecule has 1 aromatic heterocycles. The Morgan fingerprint density at radius 1 is 1.22 bits per heavy atom. The van der Waals surface area contributed by atoms with Gasteiger partial charge >= 0.3 is 6.03 Å². The minimum absolute atomic E-state index is 0.263. The van der Waals surface area contributed by atoms with Crippen LogP contribution in [0.25, 0.3) is 0 Å². The second-order valence-corrected chi connectivity index (χ2v) is 4.11. The maximum Gasteiger partial charge on any atom is 0.319 e. The molecule has 0 aliphatic rings. The van der Waals surface area contributed by atoms with Crippen molar-refractivity contribution in [1.29, 1.82) is 0 Å². The van der Waals surface area contributed by atoms with Crippen molar-refractivity contribution in [1.82, 2.24) is 10.3 Å². The average Bonchev–Trinajstić information content (AvgIpc) is 2.38. The predicted molar refractivity (Wildman–Crippen MR) is 71.5 cm³/mol. The molecule has 0 atom stereocenters. The summed E-state index contributed by atoms with van der Waals surface area (Å²) in [5, 5.41) is 6.11. The van der Waals surface area contributed by atoms with Gasteiger partial charge in [0.25, 0.3) is 0 Å². The van der Waals surface area contributed by atoms with Gasteiger partial charge in [-0.05, 0) is 29.8 Å². The van der Waals surface area contributed by atoms with E-state index in [0.717, 1.165) is 5.56 Å². The van der Waals surface area contributed by atoms with Crippen LogP contribution in [-0.2, 0) is 6.54 Å². The first-order valence-corrected chi connectivity index (χ1v) is 5.81. The Morgan fingerprint density at radius 3 is 2.72 bits per heavy atom. The number of benzene rings is 1. The van der Waals surface area contributed by atoms with Crippen molar-refractivity contribution >= 4 is 23.3 Å². The molecule has 92 valence electrons. The van der Waals surface area contributed by atoms with E-state index in [1.165, 1.54) is 0 Å². The number of nitrogens with zero attached hydrogens (tertiary/aromatic N) is 1. The van der Waals surface area contributed by atoms with Crippen molar-refractivity contribution in [2.24, 2.45) is 0 Å². The highest BCUT2D eigenvalue weighted by molar-refractivity contribution is 6.30. The van der Waals surface area contributed by atoms with Crippen LogP contribution < -0.4 is 10.6 Å². The summed E-state index contributed by atoms with van der Waals surface area (Å²) in [6, 6.07) is 10.5. The Morgan fingerprint density at radius 2 is 2.00 bits per heavy atom. The van der Waals surface area contributed by atoms with Crippen LogP contribution in [0.3, 0.4) is 0 Å². The fraction of sp³-hybridized carbons (Fsp3) is 0.0769. The molecule has 2 N–H and O–H groups in total. The number of hydrogen-bond donors (Lipinski definition) is 2. The molecule has 2 aromatic rings. The second-order valence-electron chi connectivity index (χ2n) is 3.67. The number of urea groups is 1. The summed E-state index contributed by atoms with van der Waals surface area (Å²) < 4.78 is 0. The monoisotopic (exact) mass is 261 g/mol. The molecule has 0 aliphatic carbocycles. The summed E-state index contributed by atoms with van der Waals surface area (Å²) in [5.74, 6) is 0. The number of rotatable bonds is 3. The van der Waals surface area contributed by atoms with Crippen LogP contribution in [0.15, 0.2) is 48.8 Å². The highest BCUT2D eigenvalue weighted by atomic mass is 35.5. The number of carbonyl (C=O) groups is 1. The van der Waals surface area contributed by atoms with Gasteiger partial charge in [-0.25, -0.2) is 4.79 Å². The number of carbonyl (C=O) groups excluding carboxylic acids is 1. The highest BCUT2D eigenvalue weighted by Gasteiger charge is 2.01. The van der Waals surface area contributed by atoms with E-state index in [2.05, 4.69) is 15.6 Å². The number of hydrogen-bond acceptors (Lipinski definition) is 2. The van der Waals surface area contributed by atoms with Crippen molar-refractivity contribution in [3.63, 3.8) is 0 Å². The summed E-state index contributed by atoms with van der Waals surface area (Å²) in [6.07, 6.45) is 3.24. The Balaban J connectivity index is 1.85. The molecule has 1 heterocycles. The molecule has 2 amide bonds. The van der Waals surface area contributed by atoms with Gasteiger partial charge in [0.1, 0.15) is 0 Å². The zero-order chi connectivity index (χ0) is 12.8. The Bertz CT molecular complexity index is 531. The maximum absolute atomic E-state index is 11.6. The van der Waals surface area contributed by atoms with Crippen LogP contribution in [0.4, 0.5) is 10.5 Å². The topological polar surface area (TPSA) is 54.0 Å². The fourth-order valence-corrected chi connectivity index (χ4v) is 1.65. The largest absolute Gasteiger partial charge is 0.334 e. The van der Waals surface area contributed by atoms with E-state index >= 15 is 0 Å². The average molecular weight is 262 g/mol. The Kier molecular flexibility index (Phi) is 4.15. The van der Waals surface area contributed by atoms with Gasteiger partial charge in [-0.2, -0.15) is 0 Å². The van der Waals surface area contributed by atoms with Crippen LogP contribution in [-0.4, -0.2) is 11.0 Å². The maximum atomic E-state index is 11.6. The third-order valence-corrected chi connectivity index (χ3v) is 2.52. The van der Waals surface area contributed by atoms with Gasteiger partial charge in [0.05, 0.1) is 0 Å². The van der Waals surface area contributed by atoms with E-state index in [9.17, 15) is 4.79 Å². The number of pyridine rings is 1. The lowest BCUT2D eigenvalue weighted by atomic mass is 10.2. The van der Waals surface area contributed by atoms with Gasteiger partial charge in [0, 0.05) is 29.6 Å². The van der Waals surface area contributed by atoms with Crippen molar-refractivity contribution < 1.29 is 4.79 Å². The summed E-state index contributed by atoms with van der Waals surface area (Å²) in [7, 11) is 0. The molecule has 18 heavy (non-hydrogen) atoms. The molecule has 0 fully saturated rings. The zero-order valence-corrected chi connectivity index (χ0v) is 10.3. The lowest BCUT2D eigenvalue weighted by Crippen LogP contribution is -2.28. The minimum Gasteiger partial charge on any atom is -0.334 e. The van der Waals surface area contributed by atoms with Gasteiger partial charge in [-0.1, -0.05) is 23.7 Å². The van der Waals surface area contributed by atoms with Crippen molar-refractivity contribution in [3.8, 4) is 0 Å². The van der Waals surface area contributed by atoms with E-state index in [1.807, 2.05) is 18.2 Å². The summed E-state index contributed by atoms with van der Waals surface area (Å²) >= 11 is 5.85. The van der Waals surface area contributed by atoms with Crippen LogP contribution in [0.5, 0.6) is 0 Å². The van der Waals surface area contributed by atoms with E-state index in [4.69, 9.17) is 11.6 Å². The number of amides is 2. The standard InChI is InChI=1S/C13H12ClN3O/c14-11-3-1-2-10(8-11)9-16-13(18)17-12-4-6-15-7-5-12/h1-8H,9H2,(H2,15,16,17,18). The molecule has 5 heteroatoms. The quantitative estimate of drug-likeness (QED) is 0.892. The highest BCUT2D eigenvalue weighted by Crippen LogP contribution is 2.10. The molecule has 1 aromatic carbocycles. The molecule has 4 nitrogen and oxygen atoms in total. The SMILES string of the molecule is O=C(NCc1cccc(Cl)c1)Nc1ccncc1. The molecular weight excluding hydrogens is 250 g/mol. The Labute approximate surface area is 110 Å². The van der Waals surface area contributed by atoms with Crippen LogP contribution in [0, 0.1) is 0 Å². The van der Waals surface area contributed by atoms with E-state index in [0.29, 0.717) is 17.3 Å². The molecule has 0 saturated heterocycles. The third-order valence-electron chi connectivity index (χ3n) is 2.28. The van der Waals surface area contributed by atoms with E-state index in [1.54, 1.807) is 30.6 Å². The van der Waals surface area contributed by atoms with Crippen molar-refractivity contribution in [3.05, 3.63) is 59.4 Å². The molecule has 0 unspecified atom stereocenters. The molecule has 0 saturated carbocycles. The molecule has 0 spiro atoms. The third kappa shape index (κ3) is 3.75. The van der Waals surface area contributed by atoms with Gasteiger partial charge in [0.2, 0.25) is 0 Å². The van der Waals surface area contributed by atoms with Crippen molar-refractivity contribution in [2.45, 2.75) is 6.54 Å². The smallest absolute Gasteiger partial charge is 0.319 e. The number of nitrogens with one attached hydrogen (secondary N) is 2. The van der Waals surface area contributed by atoms with Crippen LogP contribution in [0.2, 0.25) is 5.02 Å². The zero-order valence-electron chi connectivity index (χ0n) is 9.56. The number of anilines is 1. The lowest BCUT2D eigenvalue weighted by molar-refractivity contribution is 0.251. The molecule has 0 aliphatic heterocycles. The summed E-state index contributed by atoms with van der Waals surface area (Å²) in [4.78, 5) is 15.5. The molecule has 0 radical (unpaired) electrons. The minimum atomic E-state index is -0.263. The summed E-state index contributed by atoms with van der Waals surface area (Å²) in [5.41, 5.74) is 1.65. The number of halogens is 1. The van der Waals surface area contributed by atoms with E-state index < -0.39 is 0 Å². The number of aromatic nitrogens is 1. The molecule has 0 bridgehead atoms. The van der Waals surface area contributed by atoms with Gasteiger partial charge in [-0.15, -0.1) is 0 Å². The van der Waals surface area contributed by atoms with Gasteiger partial charge in [-0.3, -0.25) is 4.98 Å². The van der Waals surface area contributed by atoms with Crippen LogP contribution >= 0.6 is 11.6 Å². The lowest BCUT2D eigenvalue weighted by Gasteiger charge is -2.07. The molecular formula is C13H12ClN3O. The van der Waals surface area contributed by atoms with Crippen LogP contribution in [0.1, 0.15) is 5.56 Å². The predicted octanol–water partition coefficient (Wildman–Crippen LogP) is 3.06. The van der Waals surface area contributed by atoms with Gasteiger partial charge in [0.15, 0.2) is 0 Å². The van der Waals surface area contributed by atoms with Crippen molar-refractivity contribution in [2.75, 3.05) is 5.32 Å². The normalized spacial score (nSPS) is 9.83. The van der Waals surface area contributed by atoms with Gasteiger partial charge < -0.3 is 10.6 Å². The Hall–Kier alpha value is -2.07. The second kappa shape index (κ2) is 6.02. The van der Waals surface area contributed by atoms with E-state index in [-0.39, 0.29) is 6.03 Å². The first-order valence-electron chi connectivity index (χ1n) is 5.43.